The van der Waals surface area contributed by atoms with Crippen molar-refractivity contribution < 1.29 is 13.2 Å². The topological polar surface area (TPSA) is 67.7 Å². The number of halogens is 3. The lowest BCUT2D eigenvalue weighted by molar-refractivity contribution is -0.137. The Kier molecular flexibility index (Phi) is 4.29. The summed E-state index contributed by atoms with van der Waals surface area (Å²) in [4.78, 5) is 8.07. The molecule has 2 aromatic rings. The number of hydrogen-bond donors (Lipinski definition) is 2. The van der Waals surface area contributed by atoms with Crippen molar-refractivity contribution in [1.29, 1.82) is 0 Å². The fraction of sp³-hybridized carbons (Fsp3) is 0.417. The summed E-state index contributed by atoms with van der Waals surface area (Å²) < 4.78 is 39.9. The van der Waals surface area contributed by atoms with E-state index < -0.39 is 11.7 Å². The zero-order chi connectivity index (χ0) is 15.5. The number of pyridine rings is 1. The second-order valence-electron chi connectivity index (χ2n) is 4.39. The van der Waals surface area contributed by atoms with Gasteiger partial charge in [0.15, 0.2) is 5.82 Å². The normalized spacial score (nSPS) is 11.5. The van der Waals surface area contributed by atoms with E-state index in [0.717, 1.165) is 12.1 Å². The third-order valence-corrected chi connectivity index (χ3v) is 2.71. The Hall–Kier alpha value is -2.32. The van der Waals surface area contributed by atoms with Crippen molar-refractivity contribution in [2.75, 3.05) is 24.2 Å². The monoisotopic (exact) mass is 300 g/mol. The molecule has 0 amide bonds. The predicted octanol–water partition coefficient (Wildman–Crippen LogP) is 1.93. The maximum absolute atomic E-state index is 12.8. The van der Waals surface area contributed by atoms with Gasteiger partial charge in [0.2, 0.25) is 0 Å². The molecule has 6 nitrogen and oxygen atoms in total. The quantitative estimate of drug-likeness (QED) is 0.883. The van der Waals surface area contributed by atoms with Gasteiger partial charge in [-0.05, 0) is 12.1 Å². The van der Waals surface area contributed by atoms with Crippen molar-refractivity contribution in [3.05, 3.63) is 29.8 Å². The lowest BCUT2D eigenvalue weighted by Crippen LogP contribution is -2.12. The van der Waals surface area contributed by atoms with Gasteiger partial charge >= 0.3 is 6.18 Å². The Morgan fingerprint density at radius 3 is 2.52 bits per heavy atom. The van der Waals surface area contributed by atoms with Crippen LogP contribution in [-0.4, -0.2) is 33.3 Å². The molecule has 2 rings (SSSR count). The highest BCUT2D eigenvalue weighted by molar-refractivity contribution is 5.49. The molecule has 21 heavy (non-hydrogen) atoms. The van der Waals surface area contributed by atoms with Gasteiger partial charge in [0.25, 0.3) is 0 Å². The molecule has 2 aromatic heterocycles. The number of aromatic nitrogens is 4. The van der Waals surface area contributed by atoms with Gasteiger partial charge < -0.3 is 10.6 Å². The SMILES string of the molecule is CNc1cc(C(F)(F)F)cc(NCCc2ncn(C)n2)n1. The zero-order valence-electron chi connectivity index (χ0n) is 11.6. The summed E-state index contributed by atoms with van der Waals surface area (Å²) >= 11 is 0. The molecular formula is C12H15F3N6. The molecule has 9 heteroatoms. The summed E-state index contributed by atoms with van der Waals surface area (Å²) in [5.41, 5.74) is -0.750. The fourth-order valence-corrected chi connectivity index (χ4v) is 1.71. The van der Waals surface area contributed by atoms with E-state index in [1.54, 1.807) is 18.1 Å². The zero-order valence-corrected chi connectivity index (χ0v) is 11.6. The molecular weight excluding hydrogens is 285 g/mol. The van der Waals surface area contributed by atoms with Gasteiger partial charge in [-0.2, -0.15) is 18.3 Å². The number of alkyl halides is 3. The molecule has 0 bridgehead atoms. The van der Waals surface area contributed by atoms with E-state index in [0.29, 0.717) is 18.8 Å². The molecule has 2 N–H and O–H groups in total. The Morgan fingerprint density at radius 2 is 1.95 bits per heavy atom. The summed E-state index contributed by atoms with van der Waals surface area (Å²) in [7, 11) is 3.27. The summed E-state index contributed by atoms with van der Waals surface area (Å²) in [5, 5.41) is 9.55. The summed E-state index contributed by atoms with van der Waals surface area (Å²) in [5.74, 6) is 0.930. The molecule has 0 aliphatic heterocycles. The third kappa shape index (κ3) is 4.07. The first-order chi connectivity index (χ1) is 9.88. The number of hydrogen-bond acceptors (Lipinski definition) is 5. The van der Waals surface area contributed by atoms with E-state index in [-0.39, 0.29) is 11.6 Å². The van der Waals surface area contributed by atoms with Crippen LogP contribution in [-0.2, 0) is 19.6 Å². The molecule has 0 aromatic carbocycles. The van der Waals surface area contributed by atoms with Gasteiger partial charge in [0.05, 0.1) is 5.56 Å². The summed E-state index contributed by atoms with van der Waals surface area (Å²) in [6.07, 6.45) is -2.35. The van der Waals surface area contributed by atoms with Gasteiger partial charge in [-0.25, -0.2) is 9.97 Å². The first kappa shape index (κ1) is 15.1. The van der Waals surface area contributed by atoms with Crippen molar-refractivity contribution >= 4 is 11.6 Å². The van der Waals surface area contributed by atoms with E-state index in [9.17, 15) is 13.2 Å². The molecule has 0 radical (unpaired) electrons. The van der Waals surface area contributed by atoms with Gasteiger partial charge in [-0.3, -0.25) is 4.68 Å². The van der Waals surface area contributed by atoms with Gasteiger partial charge in [0, 0.05) is 27.1 Å². The maximum Gasteiger partial charge on any atom is 0.416 e. The van der Waals surface area contributed by atoms with Crippen LogP contribution in [0.2, 0.25) is 0 Å². The standard InChI is InChI=1S/C12H15F3N6/c1-16-10-5-8(12(13,14)15)6-11(19-10)17-4-3-9-18-7-21(2)20-9/h5-7H,3-4H2,1-2H3,(H2,16,17,19). The summed E-state index contributed by atoms with van der Waals surface area (Å²) in [6, 6.07) is 1.94. The molecule has 0 unspecified atom stereocenters. The van der Waals surface area contributed by atoms with Gasteiger partial charge in [-0.15, -0.1) is 0 Å². The van der Waals surface area contributed by atoms with Crippen molar-refractivity contribution in [1.82, 2.24) is 19.7 Å². The average Bonchev–Trinajstić information content (AvgIpc) is 2.83. The van der Waals surface area contributed by atoms with Gasteiger partial charge in [-0.1, -0.05) is 0 Å². The summed E-state index contributed by atoms with van der Waals surface area (Å²) in [6.45, 7) is 0.390. The highest BCUT2D eigenvalue weighted by atomic mass is 19.4. The van der Waals surface area contributed by atoms with E-state index in [4.69, 9.17) is 0 Å². The molecule has 0 saturated heterocycles. The van der Waals surface area contributed by atoms with Crippen LogP contribution in [0.25, 0.3) is 0 Å². The fourth-order valence-electron chi connectivity index (χ4n) is 1.71. The first-order valence-corrected chi connectivity index (χ1v) is 6.24. The second-order valence-corrected chi connectivity index (χ2v) is 4.39. The third-order valence-electron chi connectivity index (χ3n) is 2.71. The maximum atomic E-state index is 12.8. The van der Waals surface area contributed by atoms with Crippen LogP contribution >= 0.6 is 0 Å². The minimum absolute atomic E-state index is 0.156. The Labute approximate surface area is 119 Å². The molecule has 0 aliphatic carbocycles. The molecule has 0 fully saturated rings. The van der Waals surface area contributed by atoms with Crippen molar-refractivity contribution in [2.45, 2.75) is 12.6 Å². The van der Waals surface area contributed by atoms with Crippen molar-refractivity contribution in [3.63, 3.8) is 0 Å². The Bertz CT molecular complexity index is 607. The molecule has 0 atom stereocenters. The Morgan fingerprint density at radius 1 is 1.24 bits per heavy atom. The van der Waals surface area contributed by atoms with Crippen LogP contribution in [0.3, 0.4) is 0 Å². The first-order valence-electron chi connectivity index (χ1n) is 6.24. The molecule has 2 heterocycles. The number of nitrogens with one attached hydrogen (secondary N) is 2. The van der Waals surface area contributed by atoms with Crippen molar-refractivity contribution in [2.24, 2.45) is 7.05 Å². The van der Waals surface area contributed by atoms with E-state index in [2.05, 4.69) is 25.7 Å². The van der Waals surface area contributed by atoms with E-state index >= 15 is 0 Å². The largest absolute Gasteiger partial charge is 0.416 e. The Balaban J connectivity index is 2.05. The van der Waals surface area contributed by atoms with Gasteiger partial charge in [0.1, 0.15) is 18.0 Å². The van der Waals surface area contributed by atoms with Crippen LogP contribution < -0.4 is 10.6 Å². The average molecular weight is 300 g/mol. The highest BCUT2D eigenvalue weighted by Gasteiger charge is 2.31. The number of nitrogens with zero attached hydrogens (tertiary/aromatic N) is 4. The van der Waals surface area contributed by atoms with E-state index in [1.807, 2.05) is 0 Å². The lowest BCUT2D eigenvalue weighted by Gasteiger charge is -2.12. The molecule has 114 valence electrons. The van der Waals surface area contributed by atoms with E-state index in [1.165, 1.54) is 7.05 Å². The predicted molar refractivity (Wildman–Crippen MR) is 72.0 cm³/mol. The van der Waals surface area contributed by atoms with Crippen molar-refractivity contribution in [3.8, 4) is 0 Å². The van der Waals surface area contributed by atoms with Crippen LogP contribution in [0.4, 0.5) is 24.8 Å². The number of rotatable bonds is 5. The van der Waals surface area contributed by atoms with Crippen LogP contribution in [0, 0.1) is 0 Å². The molecule has 0 saturated carbocycles. The minimum Gasteiger partial charge on any atom is -0.373 e. The minimum atomic E-state index is -4.41. The van der Waals surface area contributed by atoms with Crippen LogP contribution in [0.1, 0.15) is 11.4 Å². The second kappa shape index (κ2) is 5.98. The number of aryl methyl sites for hydroxylation is 1. The molecule has 0 aliphatic rings. The smallest absolute Gasteiger partial charge is 0.373 e. The molecule has 0 spiro atoms. The lowest BCUT2D eigenvalue weighted by atomic mass is 10.2. The van der Waals surface area contributed by atoms with Crippen LogP contribution in [0.5, 0.6) is 0 Å². The highest BCUT2D eigenvalue weighted by Crippen LogP contribution is 2.31. The van der Waals surface area contributed by atoms with Crippen LogP contribution in [0.15, 0.2) is 18.5 Å². The number of anilines is 2.